The van der Waals surface area contributed by atoms with Gasteiger partial charge in [-0.25, -0.2) is 8.42 Å². The van der Waals surface area contributed by atoms with Crippen molar-refractivity contribution in [3.8, 4) is 5.75 Å². The van der Waals surface area contributed by atoms with Crippen molar-refractivity contribution < 1.29 is 17.9 Å². The topological polar surface area (TPSA) is 75.7 Å². The second-order valence-electron chi connectivity index (χ2n) is 6.16. The van der Waals surface area contributed by atoms with E-state index < -0.39 is 10.0 Å². The Morgan fingerprint density at radius 3 is 2.43 bits per heavy atom. The number of amides is 1. The molecule has 6 nitrogen and oxygen atoms in total. The van der Waals surface area contributed by atoms with Gasteiger partial charge in [-0.3, -0.25) is 9.10 Å². The average molecular weight is 445 g/mol. The molecule has 0 unspecified atom stereocenters. The van der Waals surface area contributed by atoms with Crippen LogP contribution in [-0.4, -0.2) is 34.2 Å². The third-order valence-corrected chi connectivity index (χ3v) is 5.73. The number of rotatable bonds is 9. The highest BCUT2D eigenvalue weighted by atomic mass is 35.5. The lowest BCUT2D eigenvalue weighted by Crippen LogP contribution is -2.32. The lowest BCUT2D eigenvalue weighted by molar-refractivity contribution is -0.121. The molecule has 2 rings (SSSR count). The Balaban J connectivity index is 1.91. The first-order chi connectivity index (χ1) is 13.2. The van der Waals surface area contributed by atoms with E-state index in [0.717, 1.165) is 21.9 Å². The number of carbonyl (C=O) groups is 1. The summed E-state index contributed by atoms with van der Waals surface area (Å²) in [6, 6.07) is 12.0. The van der Waals surface area contributed by atoms with E-state index in [1.165, 1.54) is 6.07 Å². The Morgan fingerprint density at radius 1 is 1.14 bits per heavy atom. The fraction of sp³-hybridized carbons (Fsp3) is 0.316. The van der Waals surface area contributed by atoms with Crippen LogP contribution in [0.5, 0.6) is 5.75 Å². The normalized spacial score (nSPS) is 11.1. The van der Waals surface area contributed by atoms with Crippen LogP contribution >= 0.6 is 23.2 Å². The summed E-state index contributed by atoms with van der Waals surface area (Å²) in [7, 11) is -1.98. The molecule has 152 valence electrons. The molecule has 2 aromatic carbocycles. The number of methoxy groups -OCH3 is 1. The average Bonchev–Trinajstić information content (AvgIpc) is 2.65. The zero-order valence-corrected chi connectivity index (χ0v) is 17.9. The second-order valence-corrected chi connectivity index (χ2v) is 8.91. The van der Waals surface area contributed by atoms with Gasteiger partial charge in [0, 0.05) is 24.5 Å². The molecular weight excluding hydrogens is 423 g/mol. The minimum atomic E-state index is -3.57. The van der Waals surface area contributed by atoms with Gasteiger partial charge in [-0.15, -0.1) is 0 Å². The van der Waals surface area contributed by atoms with Gasteiger partial charge in [0.2, 0.25) is 15.9 Å². The van der Waals surface area contributed by atoms with Crippen molar-refractivity contribution in [3.63, 3.8) is 0 Å². The molecule has 0 fully saturated rings. The SMILES string of the molecule is COc1ccc(CNC(=O)CCCN(c2cc(Cl)ccc2Cl)S(C)(=O)=O)cc1. The van der Waals surface area contributed by atoms with Crippen molar-refractivity contribution in [2.45, 2.75) is 19.4 Å². The van der Waals surface area contributed by atoms with Crippen molar-refractivity contribution in [2.75, 3.05) is 24.2 Å². The first-order valence-corrected chi connectivity index (χ1v) is 11.1. The third-order valence-electron chi connectivity index (χ3n) is 3.99. The van der Waals surface area contributed by atoms with Crippen molar-refractivity contribution in [2.24, 2.45) is 0 Å². The maximum Gasteiger partial charge on any atom is 0.232 e. The molecule has 0 spiro atoms. The quantitative estimate of drug-likeness (QED) is 0.636. The minimum absolute atomic E-state index is 0.120. The first kappa shape index (κ1) is 22.3. The lowest BCUT2D eigenvalue weighted by atomic mass is 10.2. The number of halogens is 2. The molecule has 2 aromatic rings. The Morgan fingerprint density at radius 2 is 1.82 bits per heavy atom. The molecule has 0 saturated heterocycles. The van der Waals surface area contributed by atoms with Gasteiger partial charge in [0.25, 0.3) is 0 Å². The summed E-state index contributed by atoms with van der Waals surface area (Å²) in [5, 5.41) is 3.47. The van der Waals surface area contributed by atoms with Crippen LogP contribution in [0, 0.1) is 0 Å². The van der Waals surface area contributed by atoms with Crippen LogP contribution in [0.25, 0.3) is 0 Å². The fourth-order valence-corrected chi connectivity index (χ4v) is 3.96. The predicted molar refractivity (Wildman–Crippen MR) is 113 cm³/mol. The Kier molecular flexibility index (Phi) is 7.98. The van der Waals surface area contributed by atoms with Crippen LogP contribution in [-0.2, 0) is 21.4 Å². The van der Waals surface area contributed by atoms with Gasteiger partial charge in [0.05, 0.1) is 24.1 Å². The molecule has 0 aliphatic carbocycles. The van der Waals surface area contributed by atoms with Crippen LogP contribution in [0.3, 0.4) is 0 Å². The van der Waals surface area contributed by atoms with Gasteiger partial charge in [0.1, 0.15) is 5.75 Å². The van der Waals surface area contributed by atoms with Crippen molar-refractivity contribution in [3.05, 3.63) is 58.1 Å². The lowest BCUT2D eigenvalue weighted by Gasteiger charge is -2.23. The number of carbonyl (C=O) groups excluding carboxylic acids is 1. The summed E-state index contributed by atoms with van der Waals surface area (Å²) in [5.41, 5.74) is 1.24. The molecular formula is C19H22Cl2N2O4S. The number of nitrogens with zero attached hydrogens (tertiary/aromatic N) is 1. The van der Waals surface area contributed by atoms with Gasteiger partial charge in [-0.1, -0.05) is 35.3 Å². The first-order valence-electron chi connectivity index (χ1n) is 8.53. The van der Waals surface area contributed by atoms with Crippen LogP contribution < -0.4 is 14.4 Å². The highest BCUT2D eigenvalue weighted by Crippen LogP contribution is 2.30. The summed E-state index contributed by atoms with van der Waals surface area (Å²) in [4.78, 5) is 12.1. The van der Waals surface area contributed by atoms with E-state index in [1.54, 1.807) is 19.2 Å². The van der Waals surface area contributed by atoms with Crippen molar-refractivity contribution in [1.82, 2.24) is 5.32 Å². The molecule has 0 heterocycles. The van der Waals surface area contributed by atoms with Crippen molar-refractivity contribution in [1.29, 1.82) is 0 Å². The number of ether oxygens (including phenoxy) is 1. The molecule has 0 aromatic heterocycles. The number of hydrogen-bond acceptors (Lipinski definition) is 4. The van der Waals surface area contributed by atoms with E-state index in [1.807, 2.05) is 24.3 Å². The van der Waals surface area contributed by atoms with Crippen LogP contribution in [0.15, 0.2) is 42.5 Å². The Bertz CT molecular complexity index is 918. The number of sulfonamides is 1. The zero-order valence-electron chi connectivity index (χ0n) is 15.6. The van der Waals surface area contributed by atoms with Crippen LogP contribution in [0.4, 0.5) is 5.69 Å². The summed E-state index contributed by atoms with van der Waals surface area (Å²) in [6.45, 7) is 0.508. The van der Waals surface area contributed by atoms with E-state index in [0.29, 0.717) is 23.7 Å². The smallest absolute Gasteiger partial charge is 0.232 e. The maximum atomic E-state index is 12.1. The Hall–Kier alpha value is -1.96. The molecule has 28 heavy (non-hydrogen) atoms. The summed E-state index contributed by atoms with van der Waals surface area (Å²) in [6.07, 6.45) is 1.61. The molecule has 0 aliphatic heterocycles. The molecule has 0 saturated carbocycles. The van der Waals surface area contributed by atoms with Gasteiger partial charge in [-0.2, -0.15) is 0 Å². The van der Waals surface area contributed by atoms with Crippen LogP contribution in [0.1, 0.15) is 18.4 Å². The molecule has 0 aliphatic rings. The monoisotopic (exact) mass is 444 g/mol. The van der Waals surface area contributed by atoms with E-state index in [4.69, 9.17) is 27.9 Å². The van der Waals surface area contributed by atoms with Gasteiger partial charge in [0.15, 0.2) is 0 Å². The van der Waals surface area contributed by atoms with Crippen molar-refractivity contribution >= 4 is 44.8 Å². The molecule has 0 radical (unpaired) electrons. The second kappa shape index (κ2) is 10.0. The predicted octanol–water partition coefficient (Wildman–Crippen LogP) is 3.86. The third kappa shape index (κ3) is 6.58. The van der Waals surface area contributed by atoms with E-state index in [2.05, 4.69) is 5.32 Å². The molecule has 0 bridgehead atoms. The van der Waals surface area contributed by atoms with E-state index in [9.17, 15) is 13.2 Å². The largest absolute Gasteiger partial charge is 0.497 e. The van der Waals surface area contributed by atoms with Gasteiger partial charge >= 0.3 is 0 Å². The summed E-state index contributed by atoms with van der Waals surface area (Å²) >= 11 is 12.1. The highest BCUT2D eigenvalue weighted by Gasteiger charge is 2.20. The Labute approximate surface area is 175 Å². The number of anilines is 1. The van der Waals surface area contributed by atoms with Gasteiger partial charge in [-0.05, 0) is 42.3 Å². The number of benzene rings is 2. The summed E-state index contributed by atoms with van der Waals surface area (Å²) in [5.74, 6) is 0.581. The standard InChI is InChI=1S/C19H22Cl2N2O4S/c1-27-16-8-5-14(6-9-16)13-22-19(24)4-3-11-23(28(2,25)26)18-12-15(20)7-10-17(18)21/h5-10,12H,3-4,11,13H2,1-2H3,(H,22,24). The van der Waals surface area contributed by atoms with E-state index in [-0.39, 0.29) is 23.9 Å². The molecule has 9 heteroatoms. The van der Waals surface area contributed by atoms with Gasteiger partial charge < -0.3 is 10.1 Å². The van der Waals surface area contributed by atoms with E-state index >= 15 is 0 Å². The molecule has 0 atom stereocenters. The summed E-state index contributed by atoms with van der Waals surface area (Å²) < 4.78 is 30.6. The molecule has 1 N–H and O–H groups in total. The zero-order chi connectivity index (χ0) is 20.7. The number of hydrogen-bond donors (Lipinski definition) is 1. The molecule has 1 amide bonds. The number of nitrogens with one attached hydrogen (secondary N) is 1. The fourth-order valence-electron chi connectivity index (χ4n) is 2.56. The maximum absolute atomic E-state index is 12.1. The van der Waals surface area contributed by atoms with Crippen LogP contribution in [0.2, 0.25) is 10.0 Å². The highest BCUT2D eigenvalue weighted by molar-refractivity contribution is 7.92. The minimum Gasteiger partial charge on any atom is -0.497 e.